The number of benzene rings is 2. The summed E-state index contributed by atoms with van der Waals surface area (Å²) >= 11 is 7.81. The molecule has 1 atom stereocenters. The second-order valence-corrected chi connectivity index (χ2v) is 9.02. The van der Waals surface area contributed by atoms with E-state index in [-0.39, 0.29) is 5.97 Å². The topological polar surface area (TPSA) is 45.7 Å². The Bertz CT molecular complexity index is 1050. The Morgan fingerprint density at radius 2 is 2.10 bits per heavy atom. The van der Waals surface area contributed by atoms with Gasteiger partial charge in [0.25, 0.3) is 0 Å². The molecule has 0 saturated carbocycles. The Labute approximate surface area is 179 Å². The van der Waals surface area contributed by atoms with Gasteiger partial charge in [0.1, 0.15) is 0 Å². The number of carbonyl (C=O) groups excluding carboxylic acids is 1. The molecule has 0 amide bonds. The number of piperazine rings is 1. The zero-order valence-corrected chi connectivity index (χ0v) is 18.4. The van der Waals surface area contributed by atoms with Crippen LogP contribution in [0, 0.1) is 6.92 Å². The summed E-state index contributed by atoms with van der Waals surface area (Å²) in [4.78, 5) is 21.5. The second-order valence-electron chi connectivity index (χ2n) is 7.57. The van der Waals surface area contributed by atoms with Gasteiger partial charge in [-0.1, -0.05) is 29.0 Å². The van der Waals surface area contributed by atoms with Crippen molar-refractivity contribution < 1.29 is 9.53 Å². The summed E-state index contributed by atoms with van der Waals surface area (Å²) < 4.78 is 6.00. The number of esters is 1. The number of hydrogen-bond donors (Lipinski definition) is 0. The summed E-state index contributed by atoms with van der Waals surface area (Å²) in [5.74, 6) is -0.288. The Kier molecular flexibility index (Phi) is 5.76. The van der Waals surface area contributed by atoms with Gasteiger partial charge in [0.15, 0.2) is 5.13 Å². The average molecular weight is 430 g/mol. The first-order chi connectivity index (χ1) is 13.9. The van der Waals surface area contributed by atoms with Gasteiger partial charge in [0, 0.05) is 37.2 Å². The molecule has 2 heterocycles. The van der Waals surface area contributed by atoms with E-state index in [0.29, 0.717) is 11.6 Å². The van der Waals surface area contributed by atoms with Crippen LogP contribution in [-0.2, 0) is 11.3 Å². The van der Waals surface area contributed by atoms with Crippen LogP contribution < -0.4 is 4.90 Å². The van der Waals surface area contributed by atoms with Gasteiger partial charge in [-0.2, -0.15) is 0 Å². The second kappa shape index (κ2) is 8.30. The molecule has 152 valence electrons. The predicted octanol–water partition coefficient (Wildman–Crippen LogP) is 4.76. The third kappa shape index (κ3) is 4.39. The minimum absolute atomic E-state index is 0.288. The summed E-state index contributed by atoms with van der Waals surface area (Å²) in [6.07, 6.45) is 0. The molecule has 7 heteroatoms. The molecular formula is C22H24ClN3O2S. The van der Waals surface area contributed by atoms with Crippen LogP contribution in [0.4, 0.5) is 5.13 Å². The van der Waals surface area contributed by atoms with Crippen LogP contribution in [0.2, 0.25) is 5.02 Å². The summed E-state index contributed by atoms with van der Waals surface area (Å²) in [7, 11) is 1.42. The van der Waals surface area contributed by atoms with E-state index in [2.05, 4.69) is 22.8 Å². The minimum atomic E-state index is -0.288. The first kappa shape index (κ1) is 20.1. The van der Waals surface area contributed by atoms with Crippen LogP contribution >= 0.6 is 22.9 Å². The molecule has 0 bridgehead atoms. The number of ether oxygens (including phenoxy) is 1. The highest BCUT2D eigenvalue weighted by Crippen LogP contribution is 2.32. The normalized spacial score (nSPS) is 17.7. The lowest BCUT2D eigenvalue weighted by Gasteiger charge is -2.39. The molecule has 0 radical (unpaired) electrons. The van der Waals surface area contributed by atoms with Gasteiger partial charge < -0.3 is 9.64 Å². The number of anilines is 1. The number of aryl methyl sites for hydroxylation is 1. The molecule has 0 N–H and O–H groups in total. The van der Waals surface area contributed by atoms with E-state index in [1.165, 1.54) is 7.11 Å². The Balaban J connectivity index is 1.46. The van der Waals surface area contributed by atoms with Crippen molar-refractivity contribution in [1.29, 1.82) is 0 Å². The first-order valence-electron chi connectivity index (χ1n) is 9.67. The number of methoxy groups -OCH3 is 1. The van der Waals surface area contributed by atoms with E-state index in [4.69, 9.17) is 21.3 Å². The Morgan fingerprint density at radius 3 is 2.86 bits per heavy atom. The average Bonchev–Trinajstić information content (AvgIpc) is 3.11. The molecule has 1 saturated heterocycles. The molecule has 5 nitrogen and oxygen atoms in total. The molecule has 29 heavy (non-hydrogen) atoms. The lowest BCUT2D eigenvalue weighted by Crippen LogP contribution is -2.51. The van der Waals surface area contributed by atoms with E-state index < -0.39 is 0 Å². The van der Waals surface area contributed by atoms with Crippen LogP contribution in [0.5, 0.6) is 0 Å². The summed E-state index contributed by atoms with van der Waals surface area (Å²) in [6.45, 7) is 7.86. The van der Waals surface area contributed by atoms with Gasteiger partial charge in [-0.15, -0.1) is 0 Å². The molecule has 0 aliphatic carbocycles. The van der Waals surface area contributed by atoms with E-state index in [0.717, 1.165) is 57.7 Å². The van der Waals surface area contributed by atoms with E-state index in [1.807, 2.05) is 37.3 Å². The van der Waals surface area contributed by atoms with Crippen LogP contribution in [0.3, 0.4) is 0 Å². The predicted molar refractivity (Wildman–Crippen MR) is 119 cm³/mol. The van der Waals surface area contributed by atoms with Crippen molar-refractivity contribution in [2.24, 2.45) is 0 Å². The highest BCUT2D eigenvalue weighted by molar-refractivity contribution is 7.22. The van der Waals surface area contributed by atoms with Crippen molar-refractivity contribution in [2.45, 2.75) is 26.4 Å². The lowest BCUT2D eigenvalue weighted by atomic mass is 10.0. The largest absolute Gasteiger partial charge is 0.465 e. The zero-order chi connectivity index (χ0) is 20.5. The Morgan fingerprint density at radius 1 is 1.28 bits per heavy atom. The number of hydrogen-bond acceptors (Lipinski definition) is 6. The monoisotopic (exact) mass is 429 g/mol. The quantitative estimate of drug-likeness (QED) is 0.560. The van der Waals surface area contributed by atoms with Gasteiger partial charge in [0.2, 0.25) is 0 Å². The third-order valence-electron chi connectivity index (χ3n) is 5.32. The van der Waals surface area contributed by atoms with Crippen molar-refractivity contribution in [3.8, 4) is 0 Å². The van der Waals surface area contributed by atoms with Gasteiger partial charge in [-0.3, -0.25) is 4.90 Å². The summed E-state index contributed by atoms with van der Waals surface area (Å²) in [5, 5.41) is 1.80. The molecule has 3 aromatic rings. The maximum Gasteiger partial charge on any atom is 0.337 e. The summed E-state index contributed by atoms with van der Waals surface area (Å²) in [5.41, 5.74) is 3.82. The van der Waals surface area contributed by atoms with Crippen LogP contribution in [0.1, 0.15) is 28.4 Å². The van der Waals surface area contributed by atoms with E-state index in [9.17, 15) is 4.79 Å². The molecule has 1 aromatic heterocycles. The third-order valence-corrected chi connectivity index (χ3v) is 6.63. The van der Waals surface area contributed by atoms with Gasteiger partial charge in [-0.05, 0) is 55.3 Å². The number of nitrogens with zero attached hydrogens (tertiary/aromatic N) is 3. The fourth-order valence-corrected chi connectivity index (χ4v) is 5.13. The molecule has 0 spiro atoms. The highest BCUT2D eigenvalue weighted by atomic mass is 35.5. The van der Waals surface area contributed by atoms with Crippen molar-refractivity contribution in [1.82, 2.24) is 9.88 Å². The van der Waals surface area contributed by atoms with Crippen molar-refractivity contribution in [2.75, 3.05) is 31.6 Å². The van der Waals surface area contributed by atoms with Crippen molar-refractivity contribution in [3.05, 3.63) is 58.1 Å². The Hall–Kier alpha value is -2.15. The number of aromatic nitrogens is 1. The molecule has 0 unspecified atom stereocenters. The van der Waals surface area contributed by atoms with Crippen LogP contribution in [-0.4, -0.2) is 48.6 Å². The van der Waals surface area contributed by atoms with E-state index in [1.54, 1.807) is 11.3 Å². The SMILES string of the molecule is COC(=O)c1cc(C)cc(CN2CCN(c3nc4ccc(Cl)cc4s3)C[C@H]2C)c1. The molecule has 1 aliphatic rings. The minimum Gasteiger partial charge on any atom is -0.465 e. The van der Waals surface area contributed by atoms with Crippen molar-refractivity contribution >= 4 is 44.3 Å². The van der Waals surface area contributed by atoms with Gasteiger partial charge in [0.05, 0.1) is 22.9 Å². The fourth-order valence-electron chi connectivity index (χ4n) is 3.85. The molecule has 2 aromatic carbocycles. The summed E-state index contributed by atoms with van der Waals surface area (Å²) in [6, 6.07) is 12.2. The standard InChI is InChI=1S/C22H24ClN3O2S/c1-14-8-16(10-17(9-14)21(27)28-3)13-25-6-7-26(12-15(25)2)22-24-19-5-4-18(23)11-20(19)29-22/h4-5,8-11,15H,6-7,12-13H2,1-3H3/t15-/m1/s1. The molecular weight excluding hydrogens is 406 g/mol. The zero-order valence-electron chi connectivity index (χ0n) is 16.8. The van der Waals surface area contributed by atoms with Gasteiger partial charge >= 0.3 is 5.97 Å². The smallest absolute Gasteiger partial charge is 0.337 e. The maximum absolute atomic E-state index is 11.9. The number of fused-ring (bicyclic) bond motifs is 1. The lowest BCUT2D eigenvalue weighted by molar-refractivity contribution is 0.0600. The fraction of sp³-hybridized carbons (Fsp3) is 0.364. The van der Waals surface area contributed by atoms with Crippen LogP contribution in [0.15, 0.2) is 36.4 Å². The van der Waals surface area contributed by atoms with Gasteiger partial charge in [-0.25, -0.2) is 9.78 Å². The molecule has 1 aliphatic heterocycles. The number of rotatable bonds is 4. The maximum atomic E-state index is 11.9. The number of carbonyl (C=O) groups is 1. The van der Waals surface area contributed by atoms with Crippen LogP contribution in [0.25, 0.3) is 10.2 Å². The van der Waals surface area contributed by atoms with Crippen molar-refractivity contribution in [3.63, 3.8) is 0 Å². The molecule has 4 rings (SSSR count). The van der Waals surface area contributed by atoms with E-state index >= 15 is 0 Å². The first-order valence-corrected chi connectivity index (χ1v) is 10.9. The highest BCUT2D eigenvalue weighted by Gasteiger charge is 2.26. The number of thiazole rings is 1. The number of halogens is 1. The molecule has 1 fully saturated rings.